The third-order valence-corrected chi connectivity index (χ3v) is 5.40. The number of alkyl carbamates (subject to hydrolysis) is 1. The van der Waals surface area contributed by atoms with E-state index in [-0.39, 0.29) is 11.8 Å². The van der Waals surface area contributed by atoms with Crippen molar-refractivity contribution in [2.24, 2.45) is 0 Å². The Labute approximate surface area is 209 Å². The van der Waals surface area contributed by atoms with Crippen LogP contribution in [0.5, 0.6) is 0 Å². The van der Waals surface area contributed by atoms with Crippen LogP contribution in [0.25, 0.3) is 0 Å². The van der Waals surface area contributed by atoms with E-state index in [9.17, 15) is 14.4 Å². The molecule has 2 aromatic carbocycles. The maximum atomic E-state index is 13.6. The molecule has 0 aromatic heterocycles. The van der Waals surface area contributed by atoms with Gasteiger partial charge in [0.1, 0.15) is 17.7 Å². The molecule has 0 saturated carbocycles. The first kappa shape index (κ1) is 27.9. The number of unbranched alkanes of at least 4 members (excludes halogenated alkanes) is 1. The highest BCUT2D eigenvalue weighted by Crippen LogP contribution is 2.24. The van der Waals surface area contributed by atoms with Crippen molar-refractivity contribution in [3.8, 4) is 0 Å². The number of benzene rings is 2. The second-order valence-electron chi connectivity index (χ2n) is 9.77. The number of ether oxygens (including phenoxy) is 1. The normalized spacial score (nSPS) is 12.9. The molecule has 0 heterocycles. The minimum absolute atomic E-state index is 0.272. The fourth-order valence-electron chi connectivity index (χ4n) is 3.59. The molecule has 2 unspecified atom stereocenters. The zero-order valence-electron chi connectivity index (χ0n) is 21.8. The number of nitrogens with one attached hydrogen (secondary N) is 2. The number of hydrogen-bond acceptors (Lipinski definition) is 4. The number of aryl methyl sites for hydroxylation is 1. The summed E-state index contributed by atoms with van der Waals surface area (Å²) in [5.74, 6) is -0.614. The van der Waals surface area contributed by atoms with Crippen LogP contribution in [0.4, 0.5) is 4.79 Å². The number of rotatable bonds is 10. The number of nitrogens with zero attached hydrogens (tertiary/aromatic N) is 1. The SMILES string of the molecule is CCCCN(C(=O)C(C)NC(=O)OC(C)(C)C)C(C(=O)NCc1ccccc1)c1ccc(C)cc1. The van der Waals surface area contributed by atoms with Crippen LogP contribution in [0.2, 0.25) is 0 Å². The topological polar surface area (TPSA) is 87.7 Å². The van der Waals surface area contributed by atoms with Crippen LogP contribution in [0.3, 0.4) is 0 Å². The maximum absolute atomic E-state index is 13.6. The Hall–Kier alpha value is -3.35. The molecule has 35 heavy (non-hydrogen) atoms. The van der Waals surface area contributed by atoms with E-state index in [1.165, 1.54) is 0 Å². The van der Waals surface area contributed by atoms with Crippen molar-refractivity contribution in [1.82, 2.24) is 15.5 Å². The molecule has 2 rings (SSSR count). The predicted octanol–water partition coefficient (Wildman–Crippen LogP) is 4.89. The van der Waals surface area contributed by atoms with E-state index in [1.54, 1.807) is 32.6 Å². The van der Waals surface area contributed by atoms with Crippen molar-refractivity contribution >= 4 is 17.9 Å². The van der Waals surface area contributed by atoms with Crippen molar-refractivity contribution in [1.29, 1.82) is 0 Å². The third kappa shape index (κ3) is 9.08. The molecule has 7 heteroatoms. The van der Waals surface area contributed by atoms with Gasteiger partial charge in [0.2, 0.25) is 11.8 Å². The molecule has 0 aliphatic heterocycles. The number of hydrogen-bond donors (Lipinski definition) is 2. The minimum Gasteiger partial charge on any atom is -0.444 e. The molecule has 2 aromatic rings. The fraction of sp³-hybridized carbons (Fsp3) is 0.464. The molecule has 0 aliphatic rings. The van der Waals surface area contributed by atoms with Crippen molar-refractivity contribution in [2.75, 3.05) is 6.54 Å². The Morgan fingerprint density at radius 3 is 2.20 bits per heavy atom. The lowest BCUT2D eigenvalue weighted by Crippen LogP contribution is -2.52. The van der Waals surface area contributed by atoms with Gasteiger partial charge in [-0.25, -0.2) is 4.79 Å². The molecule has 190 valence electrons. The van der Waals surface area contributed by atoms with Crippen molar-refractivity contribution in [3.63, 3.8) is 0 Å². The molecule has 3 amide bonds. The predicted molar refractivity (Wildman–Crippen MR) is 138 cm³/mol. The van der Waals surface area contributed by atoms with E-state index in [4.69, 9.17) is 4.74 Å². The summed E-state index contributed by atoms with van der Waals surface area (Å²) in [4.78, 5) is 41.0. The second-order valence-corrected chi connectivity index (χ2v) is 9.77. The van der Waals surface area contributed by atoms with Crippen LogP contribution in [-0.4, -0.2) is 41.0 Å². The molecule has 0 bridgehead atoms. The maximum Gasteiger partial charge on any atom is 0.408 e. The number of amides is 3. The monoisotopic (exact) mass is 481 g/mol. The summed E-state index contributed by atoms with van der Waals surface area (Å²) in [6, 6.07) is 15.5. The lowest BCUT2D eigenvalue weighted by molar-refractivity contribution is -0.142. The Balaban J connectivity index is 2.32. The van der Waals surface area contributed by atoms with Crippen LogP contribution in [0, 0.1) is 6.92 Å². The summed E-state index contributed by atoms with van der Waals surface area (Å²) in [5, 5.41) is 5.61. The highest BCUT2D eigenvalue weighted by atomic mass is 16.6. The molecule has 0 aliphatic carbocycles. The molecule has 7 nitrogen and oxygen atoms in total. The van der Waals surface area contributed by atoms with Gasteiger partial charge in [-0.15, -0.1) is 0 Å². The molecule has 0 fully saturated rings. The molecule has 2 atom stereocenters. The van der Waals surface area contributed by atoms with E-state index < -0.39 is 23.8 Å². The van der Waals surface area contributed by atoms with Gasteiger partial charge in [0.15, 0.2) is 0 Å². The Morgan fingerprint density at radius 2 is 1.63 bits per heavy atom. The summed E-state index contributed by atoms with van der Waals surface area (Å²) in [5.41, 5.74) is 2.06. The van der Waals surface area contributed by atoms with Gasteiger partial charge in [-0.3, -0.25) is 9.59 Å². The van der Waals surface area contributed by atoms with Gasteiger partial charge in [-0.1, -0.05) is 73.5 Å². The van der Waals surface area contributed by atoms with Gasteiger partial charge in [0, 0.05) is 13.1 Å². The highest BCUT2D eigenvalue weighted by Gasteiger charge is 2.34. The Kier molecular flexibility index (Phi) is 10.3. The Morgan fingerprint density at radius 1 is 1.00 bits per heavy atom. The second kappa shape index (κ2) is 12.9. The van der Waals surface area contributed by atoms with Crippen LogP contribution >= 0.6 is 0 Å². The molecular formula is C28H39N3O4. The van der Waals surface area contributed by atoms with Gasteiger partial charge >= 0.3 is 6.09 Å². The quantitative estimate of drug-likeness (QED) is 0.506. The average molecular weight is 482 g/mol. The van der Waals surface area contributed by atoms with Crippen molar-refractivity contribution in [3.05, 3.63) is 71.3 Å². The van der Waals surface area contributed by atoms with E-state index in [1.807, 2.05) is 68.4 Å². The van der Waals surface area contributed by atoms with E-state index >= 15 is 0 Å². The van der Waals surface area contributed by atoms with Crippen LogP contribution in [0.1, 0.15) is 70.2 Å². The first-order chi connectivity index (χ1) is 16.5. The van der Waals surface area contributed by atoms with E-state index in [2.05, 4.69) is 10.6 Å². The van der Waals surface area contributed by atoms with Crippen LogP contribution in [0.15, 0.2) is 54.6 Å². The summed E-state index contributed by atoms with van der Waals surface area (Å²) in [6.07, 6.45) is 0.901. The Bertz CT molecular complexity index is 968. The summed E-state index contributed by atoms with van der Waals surface area (Å²) < 4.78 is 5.31. The van der Waals surface area contributed by atoms with Gasteiger partial charge in [-0.05, 0) is 52.2 Å². The lowest BCUT2D eigenvalue weighted by Gasteiger charge is -2.33. The average Bonchev–Trinajstić information content (AvgIpc) is 2.80. The van der Waals surface area contributed by atoms with Crippen molar-refractivity contribution < 1.29 is 19.1 Å². The zero-order chi connectivity index (χ0) is 26.0. The first-order valence-corrected chi connectivity index (χ1v) is 12.2. The van der Waals surface area contributed by atoms with Gasteiger partial charge < -0.3 is 20.3 Å². The van der Waals surface area contributed by atoms with Crippen LogP contribution in [-0.2, 0) is 20.9 Å². The van der Waals surface area contributed by atoms with Gasteiger partial charge in [-0.2, -0.15) is 0 Å². The number of carbonyl (C=O) groups is 3. The summed E-state index contributed by atoms with van der Waals surface area (Å²) in [6.45, 7) is 11.6. The molecule has 2 N–H and O–H groups in total. The van der Waals surface area contributed by atoms with Crippen molar-refractivity contribution in [2.45, 2.75) is 78.6 Å². The van der Waals surface area contributed by atoms with Crippen LogP contribution < -0.4 is 10.6 Å². The third-order valence-electron chi connectivity index (χ3n) is 5.40. The first-order valence-electron chi connectivity index (χ1n) is 12.2. The number of carbonyl (C=O) groups excluding carboxylic acids is 3. The lowest BCUT2D eigenvalue weighted by atomic mass is 10.0. The van der Waals surface area contributed by atoms with E-state index in [0.717, 1.165) is 29.5 Å². The fourth-order valence-corrected chi connectivity index (χ4v) is 3.59. The minimum atomic E-state index is -0.864. The molecule has 0 saturated heterocycles. The molecule has 0 radical (unpaired) electrons. The summed E-state index contributed by atoms with van der Waals surface area (Å²) in [7, 11) is 0. The van der Waals surface area contributed by atoms with Gasteiger partial charge in [0.25, 0.3) is 0 Å². The molecular weight excluding hydrogens is 442 g/mol. The largest absolute Gasteiger partial charge is 0.444 e. The highest BCUT2D eigenvalue weighted by molar-refractivity contribution is 5.92. The summed E-state index contributed by atoms with van der Waals surface area (Å²) >= 11 is 0. The zero-order valence-corrected chi connectivity index (χ0v) is 21.8. The standard InChI is InChI=1S/C28H39N3O4/c1-7-8-18-31(26(33)21(3)30-27(34)35-28(4,5)6)24(23-16-14-20(2)15-17-23)25(32)29-19-22-12-10-9-11-13-22/h9-17,21,24H,7-8,18-19H2,1-6H3,(H,29,32)(H,30,34). The smallest absolute Gasteiger partial charge is 0.408 e. The van der Waals surface area contributed by atoms with E-state index in [0.29, 0.717) is 13.1 Å². The molecule has 0 spiro atoms. The van der Waals surface area contributed by atoms with Gasteiger partial charge in [0.05, 0.1) is 0 Å².